The molecule has 1 saturated heterocycles. The van der Waals surface area contributed by atoms with Crippen molar-refractivity contribution in [2.75, 3.05) is 18.0 Å². The van der Waals surface area contributed by atoms with Gasteiger partial charge in [0.2, 0.25) is 10.0 Å². The Hall–Kier alpha value is -1.11. The molecule has 2 unspecified atom stereocenters. The van der Waals surface area contributed by atoms with Crippen molar-refractivity contribution in [3.05, 3.63) is 24.3 Å². The highest BCUT2D eigenvalue weighted by atomic mass is 32.2. The molecule has 3 rings (SSSR count). The standard InChI is InChI=1S/C15H23N3O2S/c1-11(16)12-8-9-18(10-12)14-4-6-15(7-5-14)21(19,20)17-13-2-3-13/h4-7,11-13,17H,2-3,8-10,16H2,1H3. The predicted octanol–water partition coefficient (Wildman–Crippen LogP) is 1.30. The molecule has 1 aliphatic heterocycles. The summed E-state index contributed by atoms with van der Waals surface area (Å²) in [5, 5.41) is 0. The van der Waals surface area contributed by atoms with E-state index in [0.717, 1.165) is 38.0 Å². The zero-order valence-corrected chi connectivity index (χ0v) is 13.1. The molecule has 1 aromatic rings. The molecule has 2 fully saturated rings. The van der Waals surface area contributed by atoms with Gasteiger partial charge in [-0.3, -0.25) is 0 Å². The average molecular weight is 309 g/mol. The first-order valence-corrected chi connectivity index (χ1v) is 9.07. The summed E-state index contributed by atoms with van der Waals surface area (Å²) in [7, 11) is -3.35. The molecule has 1 aliphatic carbocycles. The van der Waals surface area contributed by atoms with Crippen LogP contribution < -0.4 is 15.4 Å². The molecule has 116 valence electrons. The van der Waals surface area contributed by atoms with Crippen LogP contribution in [0, 0.1) is 5.92 Å². The molecule has 1 heterocycles. The highest BCUT2D eigenvalue weighted by Gasteiger charge is 2.28. The molecule has 0 aromatic heterocycles. The maximum atomic E-state index is 12.1. The molecule has 3 N–H and O–H groups in total. The molecular weight excluding hydrogens is 286 g/mol. The first-order chi connectivity index (χ1) is 9.95. The lowest BCUT2D eigenvalue weighted by Gasteiger charge is -2.20. The minimum atomic E-state index is -3.35. The van der Waals surface area contributed by atoms with Gasteiger partial charge in [0.1, 0.15) is 0 Å². The Bertz CT molecular complexity index is 594. The largest absolute Gasteiger partial charge is 0.371 e. The fourth-order valence-corrected chi connectivity index (χ4v) is 4.08. The second-order valence-electron chi connectivity index (χ2n) is 6.24. The molecule has 0 amide bonds. The summed E-state index contributed by atoms with van der Waals surface area (Å²) in [6.45, 7) is 3.98. The minimum absolute atomic E-state index is 0.139. The van der Waals surface area contributed by atoms with Gasteiger partial charge in [0.05, 0.1) is 4.90 Å². The lowest BCUT2D eigenvalue weighted by molar-refractivity contribution is 0.488. The Labute approximate surface area is 126 Å². The monoisotopic (exact) mass is 309 g/mol. The van der Waals surface area contributed by atoms with E-state index in [1.807, 2.05) is 19.1 Å². The number of benzene rings is 1. The maximum Gasteiger partial charge on any atom is 0.240 e. The van der Waals surface area contributed by atoms with E-state index in [9.17, 15) is 8.42 Å². The van der Waals surface area contributed by atoms with Gasteiger partial charge in [0, 0.05) is 30.9 Å². The minimum Gasteiger partial charge on any atom is -0.371 e. The van der Waals surface area contributed by atoms with Crippen LogP contribution in [0.5, 0.6) is 0 Å². The summed E-state index contributed by atoms with van der Waals surface area (Å²) in [5.74, 6) is 0.518. The van der Waals surface area contributed by atoms with Crippen molar-refractivity contribution in [2.45, 2.75) is 43.2 Å². The van der Waals surface area contributed by atoms with Gasteiger partial charge in [-0.25, -0.2) is 13.1 Å². The zero-order chi connectivity index (χ0) is 15.0. The summed E-state index contributed by atoms with van der Waals surface area (Å²) in [6.07, 6.45) is 2.99. The van der Waals surface area contributed by atoms with Crippen LogP contribution in [0.3, 0.4) is 0 Å². The van der Waals surface area contributed by atoms with Crippen molar-refractivity contribution in [1.29, 1.82) is 0 Å². The fraction of sp³-hybridized carbons (Fsp3) is 0.600. The van der Waals surface area contributed by atoms with Crippen molar-refractivity contribution < 1.29 is 8.42 Å². The van der Waals surface area contributed by atoms with E-state index in [0.29, 0.717) is 10.8 Å². The van der Waals surface area contributed by atoms with Gasteiger partial charge in [-0.1, -0.05) is 0 Å². The second kappa shape index (κ2) is 5.59. The van der Waals surface area contributed by atoms with Gasteiger partial charge in [-0.05, 0) is 56.4 Å². The molecular formula is C15H23N3O2S. The van der Waals surface area contributed by atoms with Gasteiger partial charge < -0.3 is 10.6 Å². The van der Waals surface area contributed by atoms with Crippen LogP contribution in [-0.2, 0) is 10.0 Å². The van der Waals surface area contributed by atoms with E-state index in [-0.39, 0.29) is 12.1 Å². The highest BCUT2D eigenvalue weighted by molar-refractivity contribution is 7.89. The van der Waals surface area contributed by atoms with E-state index >= 15 is 0 Å². The van der Waals surface area contributed by atoms with Crippen LogP contribution in [0.25, 0.3) is 0 Å². The van der Waals surface area contributed by atoms with E-state index in [1.165, 1.54) is 0 Å². The summed E-state index contributed by atoms with van der Waals surface area (Å²) in [5.41, 5.74) is 7.03. The van der Waals surface area contributed by atoms with Crippen LogP contribution in [-0.4, -0.2) is 33.6 Å². The maximum absolute atomic E-state index is 12.1. The lowest BCUT2D eigenvalue weighted by Crippen LogP contribution is -2.29. The number of anilines is 1. The number of sulfonamides is 1. The number of hydrogen-bond acceptors (Lipinski definition) is 4. The molecule has 21 heavy (non-hydrogen) atoms. The molecule has 2 aliphatic rings. The number of nitrogens with zero attached hydrogens (tertiary/aromatic N) is 1. The number of nitrogens with one attached hydrogen (secondary N) is 1. The van der Waals surface area contributed by atoms with Crippen molar-refractivity contribution in [2.24, 2.45) is 11.7 Å². The Kier molecular flexibility index (Phi) is 3.94. The summed E-state index contributed by atoms with van der Waals surface area (Å²) >= 11 is 0. The Morgan fingerprint density at radius 2 is 1.90 bits per heavy atom. The second-order valence-corrected chi connectivity index (χ2v) is 7.96. The quantitative estimate of drug-likeness (QED) is 0.860. The zero-order valence-electron chi connectivity index (χ0n) is 12.3. The third-order valence-corrected chi connectivity index (χ3v) is 5.92. The summed E-state index contributed by atoms with van der Waals surface area (Å²) in [6, 6.07) is 7.52. The van der Waals surface area contributed by atoms with Gasteiger partial charge in [-0.2, -0.15) is 0 Å². The third kappa shape index (κ3) is 3.39. The fourth-order valence-electron chi connectivity index (χ4n) is 2.78. The van der Waals surface area contributed by atoms with E-state index in [4.69, 9.17) is 5.73 Å². The molecule has 0 radical (unpaired) electrons. The number of rotatable bonds is 5. The van der Waals surface area contributed by atoms with Crippen LogP contribution >= 0.6 is 0 Å². The molecule has 1 aromatic carbocycles. The van der Waals surface area contributed by atoms with E-state index in [2.05, 4.69) is 9.62 Å². The molecule has 0 bridgehead atoms. The van der Waals surface area contributed by atoms with Crippen LogP contribution in [0.15, 0.2) is 29.2 Å². The van der Waals surface area contributed by atoms with Gasteiger partial charge in [0.25, 0.3) is 0 Å². The summed E-state index contributed by atoms with van der Waals surface area (Å²) < 4.78 is 26.9. The van der Waals surface area contributed by atoms with Gasteiger partial charge >= 0.3 is 0 Å². The molecule has 0 spiro atoms. The SMILES string of the molecule is CC(N)C1CCN(c2ccc(S(=O)(=O)NC3CC3)cc2)C1. The van der Waals surface area contributed by atoms with Crippen molar-refractivity contribution in [1.82, 2.24) is 4.72 Å². The van der Waals surface area contributed by atoms with Crippen molar-refractivity contribution in [3.63, 3.8) is 0 Å². The van der Waals surface area contributed by atoms with Crippen LogP contribution in [0.1, 0.15) is 26.2 Å². The Balaban J connectivity index is 1.69. The van der Waals surface area contributed by atoms with Gasteiger partial charge in [-0.15, -0.1) is 0 Å². The smallest absolute Gasteiger partial charge is 0.240 e. The Morgan fingerprint density at radius 3 is 2.43 bits per heavy atom. The molecule has 5 nitrogen and oxygen atoms in total. The normalized spacial score (nSPS) is 24.3. The number of hydrogen-bond donors (Lipinski definition) is 2. The highest BCUT2D eigenvalue weighted by Crippen LogP contribution is 2.27. The van der Waals surface area contributed by atoms with Gasteiger partial charge in [0.15, 0.2) is 0 Å². The van der Waals surface area contributed by atoms with E-state index in [1.54, 1.807) is 12.1 Å². The van der Waals surface area contributed by atoms with Crippen molar-refractivity contribution >= 4 is 15.7 Å². The first kappa shape index (κ1) is 14.8. The number of nitrogens with two attached hydrogens (primary N) is 1. The Morgan fingerprint density at radius 1 is 1.24 bits per heavy atom. The van der Waals surface area contributed by atoms with Crippen LogP contribution in [0.4, 0.5) is 5.69 Å². The summed E-state index contributed by atoms with van der Waals surface area (Å²) in [4.78, 5) is 2.62. The predicted molar refractivity (Wildman–Crippen MR) is 83.8 cm³/mol. The molecule has 6 heteroatoms. The lowest BCUT2D eigenvalue weighted by atomic mass is 10.0. The molecule has 2 atom stereocenters. The average Bonchev–Trinajstić information content (AvgIpc) is 3.09. The topological polar surface area (TPSA) is 75.4 Å². The first-order valence-electron chi connectivity index (χ1n) is 7.58. The van der Waals surface area contributed by atoms with Crippen molar-refractivity contribution in [3.8, 4) is 0 Å². The van der Waals surface area contributed by atoms with E-state index < -0.39 is 10.0 Å². The molecule has 1 saturated carbocycles. The van der Waals surface area contributed by atoms with Crippen LogP contribution in [0.2, 0.25) is 0 Å². The third-order valence-electron chi connectivity index (χ3n) is 4.38.